The summed E-state index contributed by atoms with van der Waals surface area (Å²) in [7, 11) is 0. The molecule has 3 heteroatoms. The number of nitrogens with one attached hydrogen (secondary N) is 1. The Morgan fingerprint density at radius 3 is 2.77 bits per heavy atom. The smallest absolute Gasteiger partial charge is 0.317 e. The number of hydrogen-bond acceptors (Lipinski definition) is 2. The van der Waals surface area contributed by atoms with Gasteiger partial charge in [-0.15, -0.1) is 0 Å². The molecular formula is C10H19NO2. The van der Waals surface area contributed by atoms with Crippen molar-refractivity contribution in [2.75, 3.05) is 6.54 Å². The molecule has 0 saturated heterocycles. The molecule has 76 valence electrons. The van der Waals surface area contributed by atoms with Crippen LogP contribution in [0.3, 0.4) is 0 Å². The maximum absolute atomic E-state index is 10.4. The SMILES string of the molecule is CC1CCCCCC1NCC(=O)O. The van der Waals surface area contributed by atoms with Crippen LogP contribution in [0, 0.1) is 5.92 Å². The molecule has 1 aliphatic carbocycles. The molecule has 0 aliphatic heterocycles. The Kier molecular flexibility index (Phi) is 4.22. The van der Waals surface area contributed by atoms with Gasteiger partial charge < -0.3 is 10.4 Å². The second-order valence-corrected chi connectivity index (χ2v) is 4.00. The van der Waals surface area contributed by atoms with Crippen LogP contribution >= 0.6 is 0 Å². The van der Waals surface area contributed by atoms with Gasteiger partial charge in [0.25, 0.3) is 0 Å². The highest BCUT2D eigenvalue weighted by Gasteiger charge is 2.19. The van der Waals surface area contributed by atoms with Crippen LogP contribution in [-0.2, 0) is 4.79 Å². The maximum atomic E-state index is 10.4. The lowest BCUT2D eigenvalue weighted by Crippen LogP contribution is -2.37. The highest BCUT2D eigenvalue weighted by molar-refractivity contribution is 5.69. The molecule has 2 N–H and O–H groups in total. The topological polar surface area (TPSA) is 49.3 Å². The van der Waals surface area contributed by atoms with Gasteiger partial charge in [0.1, 0.15) is 0 Å². The van der Waals surface area contributed by atoms with Gasteiger partial charge in [-0.05, 0) is 18.8 Å². The first kappa shape index (κ1) is 10.5. The van der Waals surface area contributed by atoms with E-state index in [4.69, 9.17) is 5.11 Å². The predicted molar refractivity (Wildman–Crippen MR) is 51.7 cm³/mol. The monoisotopic (exact) mass is 185 g/mol. The molecule has 1 aliphatic rings. The summed E-state index contributed by atoms with van der Waals surface area (Å²) in [5.41, 5.74) is 0. The van der Waals surface area contributed by atoms with Crippen LogP contribution in [0.1, 0.15) is 39.0 Å². The van der Waals surface area contributed by atoms with Gasteiger partial charge in [0.2, 0.25) is 0 Å². The van der Waals surface area contributed by atoms with Gasteiger partial charge in [-0.2, -0.15) is 0 Å². The van der Waals surface area contributed by atoms with Crippen LogP contribution in [0.15, 0.2) is 0 Å². The van der Waals surface area contributed by atoms with Crippen molar-refractivity contribution in [3.8, 4) is 0 Å². The van der Waals surface area contributed by atoms with Crippen molar-refractivity contribution < 1.29 is 9.90 Å². The molecule has 1 fully saturated rings. The molecule has 3 nitrogen and oxygen atoms in total. The lowest BCUT2D eigenvalue weighted by molar-refractivity contribution is -0.136. The molecule has 13 heavy (non-hydrogen) atoms. The number of rotatable bonds is 3. The lowest BCUT2D eigenvalue weighted by atomic mass is 9.97. The summed E-state index contributed by atoms with van der Waals surface area (Å²) in [6.07, 6.45) is 6.20. The number of carboxylic acid groups (broad SMARTS) is 1. The van der Waals surface area contributed by atoms with E-state index in [0.29, 0.717) is 12.0 Å². The fourth-order valence-corrected chi connectivity index (χ4v) is 2.01. The van der Waals surface area contributed by atoms with Crippen LogP contribution < -0.4 is 5.32 Å². The van der Waals surface area contributed by atoms with Crippen molar-refractivity contribution in [1.82, 2.24) is 5.32 Å². The van der Waals surface area contributed by atoms with Crippen molar-refractivity contribution in [2.24, 2.45) is 5.92 Å². The van der Waals surface area contributed by atoms with Gasteiger partial charge in [-0.3, -0.25) is 4.79 Å². The highest BCUT2D eigenvalue weighted by Crippen LogP contribution is 2.22. The first-order valence-electron chi connectivity index (χ1n) is 5.15. The Morgan fingerprint density at radius 1 is 1.38 bits per heavy atom. The summed E-state index contributed by atoms with van der Waals surface area (Å²) in [5.74, 6) is -0.127. The molecule has 0 spiro atoms. The van der Waals surface area contributed by atoms with E-state index in [1.807, 2.05) is 0 Å². The fraction of sp³-hybridized carbons (Fsp3) is 0.900. The molecule has 2 atom stereocenters. The van der Waals surface area contributed by atoms with Gasteiger partial charge >= 0.3 is 5.97 Å². The summed E-state index contributed by atoms with van der Waals surface area (Å²) in [5, 5.41) is 11.6. The molecule has 0 aromatic rings. The predicted octanol–water partition coefficient (Wildman–Crippen LogP) is 1.63. The molecule has 0 bridgehead atoms. The van der Waals surface area contributed by atoms with E-state index in [-0.39, 0.29) is 6.54 Å². The zero-order valence-electron chi connectivity index (χ0n) is 8.25. The second kappa shape index (κ2) is 5.22. The van der Waals surface area contributed by atoms with Gasteiger partial charge in [-0.1, -0.05) is 26.2 Å². The summed E-state index contributed by atoms with van der Waals surface area (Å²) in [6.45, 7) is 2.32. The summed E-state index contributed by atoms with van der Waals surface area (Å²) < 4.78 is 0. The van der Waals surface area contributed by atoms with Crippen molar-refractivity contribution in [3.63, 3.8) is 0 Å². The van der Waals surface area contributed by atoms with Gasteiger partial charge in [0.05, 0.1) is 6.54 Å². The van der Waals surface area contributed by atoms with E-state index in [9.17, 15) is 4.79 Å². The van der Waals surface area contributed by atoms with Crippen molar-refractivity contribution >= 4 is 5.97 Å². The Labute approximate surface area is 79.5 Å². The molecule has 0 heterocycles. The molecule has 1 rings (SSSR count). The number of carbonyl (C=O) groups is 1. The largest absolute Gasteiger partial charge is 0.480 e. The molecular weight excluding hydrogens is 166 g/mol. The van der Waals surface area contributed by atoms with Crippen LogP contribution in [0.25, 0.3) is 0 Å². The van der Waals surface area contributed by atoms with Crippen LogP contribution in [0.5, 0.6) is 0 Å². The van der Waals surface area contributed by atoms with E-state index < -0.39 is 5.97 Å². The Morgan fingerprint density at radius 2 is 2.08 bits per heavy atom. The number of aliphatic carboxylic acids is 1. The van der Waals surface area contributed by atoms with Crippen molar-refractivity contribution in [3.05, 3.63) is 0 Å². The van der Waals surface area contributed by atoms with Crippen LogP contribution in [0.4, 0.5) is 0 Å². The van der Waals surface area contributed by atoms with Crippen molar-refractivity contribution in [1.29, 1.82) is 0 Å². The molecule has 0 radical (unpaired) electrons. The third-order valence-electron chi connectivity index (χ3n) is 2.88. The minimum atomic E-state index is -0.753. The van der Waals surface area contributed by atoms with Gasteiger partial charge in [0.15, 0.2) is 0 Å². The Bertz CT molecular complexity index is 170. The average Bonchev–Trinajstić information content (AvgIpc) is 2.27. The number of hydrogen-bond donors (Lipinski definition) is 2. The van der Waals surface area contributed by atoms with E-state index in [2.05, 4.69) is 12.2 Å². The summed E-state index contributed by atoms with van der Waals surface area (Å²) in [6, 6.07) is 0.415. The Balaban J connectivity index is 2.31. The summed E-state index contributed by atoms with van der Waals surface area (Å²) >= 11 is 0. The molecule has 0 amide bonds. The third kappa shape index (κ3) is 3.77. The van der Waals surface area contributed by atoms with E-state index in [1.54, 1.807) is 0 Å². The van der Waals surface area contributed by atoms with Gasteiger partial charge in [0, 0.05) is 6.04 Å². The zero-order chi connectivity index (χ0) is 9.68. The minimum Gasteiger partial charge on any atom is -0.480 e. The fourth-order valence-electron chi connectivity index (χ4n) is 2.01. The maximum Gasteiger partial charge on any atom is 0.317 e. The quantitative estimate of drug-likeness (QED) is 0.657. The average molecular weight is 185 g/mol. The van der Waals surface area contributed by atoms with Gasteiger partial charge in [-0.25, -0.2) is 0 Å². The van der Waals surface area contributed by atoms with Crippen molar-refractivity contribution in [2.45, 2.75) is 45.1 Å². The molecule has 2 unspecified atom stereocenters. The van der Waals surface area contributed by atoms with E-state index in [1.165, 1.54) is 25.7 Å². The third-order valence-corrected chi connectivity index (χ3v) is 2.88. The first-order valence-corrected chi connectivity index (χ1v) is 5.15. The highest BCUT2D eigenvalue weighted by atomic mass is 16.4. The Hall–Kier alpha value is -0.570. The van der Waals surface area contributed by atoms with Crippen LogP contribution in [-0.4, -0.2) is 23.7 Å². The lowest BCUT2D eigenvalue weighted by Gasteiger charge is -2.21. The van der Waals surface area contributed by atoms with E-state index in [0.717, 1.165) is 6.42 Å². The van der Waals surface area contributed by atoms with Crippen LogP contribution in [0.2, 0.25) is 0 Å². The van der Waals surface area contributed by atoms with E-state index >= 15 is 0 Å². The second-order valence-electron chi connectivity index (χ2n) is 4.00. The standard InChI is InChI=1S/C10H19NO2/c1-8-5-3-2-4-6-9(8)11-7-10(12)13/h8-9,11H,2-7H2,1H3,(H,12,13). The molecule has 0 aromatic heterocycles. The minimum absolute atomic E-state index is 0.106. The number of carboxylic acids is 1. The molecule has 0 aromatic carbocycles. The zero-order valence-corrected chi connectivity index (χ0v) is 8.25. The summed E-state index contributed by atoms with van der Waals surface area (Å²) in [4.78, 5) is 10.4. The molecule has 1 saturated carbocycles. The normalized spacial score (nSPS) is 29.6. The first-order chi connectivity index (χ1) is 6.20.